The molecule has 0 fully saturated rings. The van der Waals surface area contributed by atoms with Crippen LogP contribution in [0.2, 0.25) is 0 Å². The second-order valence-electron chi connectivity index (χ2n) is 4.33. The maximum atomic E-state index is 4.62. The Bertz CT molecular complexity index is 692. The molecule has 18 heavy (non-hydrogen) atoms. The summed E-state index contributed by atoms with van der Waals surface area (Å²) < 4.78 is 0. The molecule has 0 N–H and O–H groups in total. The first-order valence-corrected chi connectivity index (χ1v) is 5.93. The highest BCUT2D eigenvalue weighted by Crippen LogP contribution is 2.12. The minimum absolute atomic E-state index is 0.828. The first-order valence-electron chi connectivity index (χ1n) is 5.93. The summed E-state index contributed by atoms with van der Waals surface area (Å²) in [6.45, 7) is 2.00. The van der Waals surface area contributed by atoms with E-state index in [1.54, 1.807) is 6.20 Å². The van der Waals surface area contributed by atoms with Crippen molar-refractivity contribution in [2.75, 3.05) is 0 Å². The number of hydrogen-bond acceptors (Lipinski definition) is 3. The van der Waals surface area contributed by atoms with Gasteiger partial charge in [0.1, 0.15) is 0 Å². The van der Waals surface area contributed by atoms with Crippen LogP contribution in [0.4, 0.5) is 0 Å². The predicted octanol–water partition coefficient (Wildman–Crippen LogP) is 2.92. The highest BCUT2D eigenvalue weighted by Gasteiger charge is 2.01. The molecular weight excluding hydrogens is 222 g/mol. The van der Waals surface area contributed by atoms with Crippen LogP contribution < -0.4 is 0 Å². The smallest absolute Gasteiger partial charge is 0.0890 e. The molecule has 0 spiro atoms. The van der Waals surface area contributed by atoms with Crippen LogP contribution >= 0.6 is 0 Å². The van der Waals surface area contributed by atoms with Crippen molar-refractivity contribution in [2.45, 2.75) is 13.3 Å². The van der Waals surface area contributed by atoms with Gasteiger partial charge in [-0.15, -0.1) is 0 Å². The number of fused-ring (bicyclic) bond motifs is 1. The molecule has 3 heteroatoms. The highest BCUT2D eigenvalue weighted by atomic mass is 14.8. The average Bonchev–Trinajstić information content (AvgIpc) is 2.39. The molecule has 0 amide bonds. The average molecular weight is 235 g/mol. The Morgan fingerprint density at radius 1 is 0.944 bits per heavy atom. The van der Waals surface area contributed by atoms with Crippen LogP contribution in [-0.2, 0) is 6.42 Å². The zero-order valence-corrected chi connectivity index (χ0v) is 10.2. The van der Waals surface area contributed by atoms with Gasteiger partial charge in [-0.05, 0) is 48.9 Å². The summed E-state index contributed by atoms with van der Waals surface area (Å²) in [6, 6.07) is 12.1. The first kappa shape index (κ1) is 10.8. The molecule has 0 aliphatic heterocycles. The lowest BCUT2D eigenvalue weighted by atomic mass is 10.1. The Hall–Kier alpha value is -2.29. The topological polar surface area (TPSA) is 38.7 Å². The van der Waals surface area contributed by atoms with Gasteiger partial charge in [-0.2, -0.15) is 0 Å². The molecule has 3 rings (SSSR count). The maximum Gasteiger partial charge on any atom is 0.0890 e. The third kappa shape index (κ3) is 2.20. The van der Waals surface area contributed by atoms with Crippen LogP contribution in [0.1, 0.15) is 17.0 Å². The molecule has 3 nitrogen and oxygen atoms in total. The molecule has 88 valence electrons. The Morgan fingerprint density at radius 2 is 1.89 bits per heavy atom. The predicted molar refractivity (Wildman–Crippen MR) is 71.3 cm³/mol. The number of aryl methyl sites for hydroxylation is 1. The minimum Gasteiger partial charge on any atom is -0.262 e. The molecule has 0 aromatic carbocycles. The molecule has 0 saturated heterocycles. The van der Waals surface area contributed by atoms with Gasteiger partial charge in [0.2, 0.25) is 0 Å². The van der Waals surface area contributed by atoms with Gasteiger partial charge in [0.25, 0.3) is 0 Å². The summed E-state index contributed by atoms with van der Waals surface area (Å²) >= 11 is 0. The maximum absolute atomic E-state index is 4.62. The number of aromatic nitrogens is 3. The molecule has 0 aliphatic carbocycles. The summed E-state index contributed by atoms with van der Waals surface area (Å²) in [5.74, 6) is 0. The molecule has 0 unspecified atom stereocenters. The van der Waals surface area contributed by atoms with Crippen molar-refractivity contribution in [3.8, 4) is 0 Å². The number of hydrogen-bond donors (Lipinski definition) is 0. The lowest BCUT2D eigenvalue weighted by Gasteiger charge is -2.03. The van der Waals surface area contributed by atoms with Crippen molar-refractivity contribution >= 4 is 11.0 Å². The molecule has 0 saturated carbocycles. The summed E-state index contributed by atoms with van der Waals surface area (Å²) in [5.41, 5.74) is 5.21. The zero-order chi connectivity index (χ0) is 12.4. The van der Waals surface area contributed by atoms with Gasteiger partial charge in [0, 0.05) is 30.2 Å². The van der Waals surface area contributed by atoms with E-state index in [0.29, 0.717) is 0 Å². The number of pyridine rings is 3. The van der Waals surface area contributed by atoms with Gasteiger partial charge in [-0.1, -0.05) is 0 Å². The quantitative estimate of drug-likeness (QED) is 0.685. The summed E-state index contributed by atoms with van der Waals surface area (Å²) in [6.07, 6.45) is 4.46. The Kier molecular flexibility index (Phi) is 2.73. The van der Waals surface area contributed by atoms with Crippen molar-refractivity contribution in [2.24, 2.45) is 0 Å². The first-order chi connectivity index (χ1) is 8.81. The van der Waals surface area contributed by atoms with E-state index < -0.39 is 0 Å². The van der Waals surface area contributed by atoms with Gasteiger partial charge in [0.05, 0.1) is 11.0 Å². The van der Waals surface area contributed by atoms with E-state index in [0.717, 1.165) is 28.8 Å². The third-order valence-electron chi connectivity index (χ3n) is 2.86. The van der Waals surface area contributed by atoms with Crippen LogP contribution in [0.25, 0.3) is 11.0 Å². The number of nitrogens with zero attached hydrogens (tertiary/aromatic N) is 3. The van der Waals surface area contributed by atoms with Crippen molar-refractivity contribution < 1.29 is 0 Å². The van der Waals surface area contributed by atoms with Crippen molar-refractivity contribution in [3.05, 3.63) is 65.7 Å². The second kappa shape index (κ2) is 4.53. The molecule has 0 aliphatic rings. The van der Waals surface area contributed by atoms with E-state index in [1.807, 2.05) is 43.5 Å². The summed E-state index contributed by atoms with van der Waals surface area (Å²) in [5, 5.41) is 0. The normalized spacial score (nSPS) is 10.7. The zero-order valence-electron chi connectivity index (χ0n) is 10.2. The largest absolute Gasteiger partial charge is 0.262 e. The van der Waals surface area contributed by atoms with Crippen molar-refractivity contribution in [1.82, 2.24) is 15.0 Å². The van der Waals surface area contributed by atoms with Crippen LogP contribution in [-0.4, -0.2) is 15.0 Å². The minimum atomic E-state index is 0.828. The second-order valence-corrected chi connectivity index (χ2v) is 4.33. The van der Waals surface area contributed by atoms with Gasteiger partial charge in [-0.25, -0.2) is 0 Å². The monoisotopic (exact) mass is 235 g/mol. The Morgan fingerprint density at radius 3 is 2.78 bits per heavy atom. The fraction of sp³-hybridized carbons (Fsp3) is 0.133. The van der Waals surface area contributed by atoms with Crippen LogP contribution in [0.3, 0.4) is 0 Å². The van der Waals surface area contributed by atoms with E-state index in [4.69, 9.17) is 0 Å². The van der Waals surface area contributed by atoms with Gasteiger partial charge in [-0.3, -0.25) is 15.0 Å². The molecule has 0 atom stereocenters. The lowest BCUT2D eigenvalue weighted by Crippen LogP contribution is -1.94. The Labute approximate surface area is 106 Å². The van der Waals surface area contributed by atoms with E-state index in [-0.39, 0.29) is 0 Å². The van der Waals surface area contributed by atoms with E-state index in [2.05, 4.69) is 21.0 Å². The lowest BCUT2D eigenvalue weighted by molar-refractivity contribution is 1.07. The highest BCUT2D eigenvalue weighted by molar-refractivity contribution is 5.73. The summed E-state index contributed by atoms with van der Waals surface area (Å²) in [4.78, 5) is 13.1. The van der Waals surface area contributed by atoms with E-state index in [9.17, 15) is 0 Å². The van der Waals surface area contributed by atoms with Crippen LogP contribution in [0, 0.1) is 6.92 Å². The Balaban J connectivity index is 1.95. The standard InChI is InChI=1S/C15H13N3/c1-11-9-12(6-8-16-11)10-13-4-5-14-15(18-13)3-2-7-17-14/h2-9H,10H2,1H3. The van der Waals surface area contributed by atoms with E-state index in [1.165, 1.54) is 5.56 Å². The van der Waals surface area contributed by atoms with Crippen molar-refractivity contribution in [1.29, 1.82) is 0 Å². The van der Waals surface area contributed by atoms with Gasteiger partial charge in [0.15, 0.2) is 0 Å². The fourth-order valence-corrected chi connectivity index (χ4v) is 2.02. The molecular formula is C15H13N3. The molecule has 0 radical (unpaired) electrons. The van der Waals surface area contributed by atoms with Gasteiger partial charge < -0.3 is 0 Å². The molecule has 0 bridgehead atoms. The van der Waals surface area contributed by atoms with E-state index >= 15 is 0 Å². The summed E-state index contributed by atoms with van der Waals surface area (Å²) in [7, 11) is 0. The molecule has 3 aromatic heterocycles. The fourth-order valence-electron chi connectivity index (χ4n) is 2.02. The van der Waals surface area contributed by atoms with Crippen molar-refractivity contribution in [3.63, 3.8) is 0 Å². The van der Waals surface area contributed by atoms with Crippen LogP contribution in [0.15, 0.2) is 48.8 Å². The molecule has 3 heterocycles. The SMILES string of the molecule is Cc1cc(Cc2ccc3ncccc3n2)ccn1. The van der Waals surface area contributed by atoms with Crippen LogP contribution in [0.5, 0.6) is 0 Å². The van der Waals surface area contributed by atoms with Gasteiger partial charge >= 0.3 is 0 Å². The molecule has 3 aromatic rings. The third-order valence-corrected chi connectivity index (χ3v) is 2.86. The number of rotatable bonds is 2.